The largest absolute Gasteiger partial charge is 0.508 e. The Morgan fingerprint density at radius 2 is 1.74 bits per heavy atom. The lowest BCUT2D eigenvalue weighted by Gasteiger charge is -2.18. The molecule has 0 atom stereocenters. The van der Waals surface area contributed by atoms with Crippen LogP contribution in [0.5, 0.6) is 11.5 Å². The Morgan fingerprint density at radius 3 is 2.37 bits per heavy atom. The van der Waals surface area contributed by atoms with Gasteiger partial charge in [0.25, 0.3) is 5.91 Å². The number of aromatic hydroxyl groups is 2. The Morgan fingerprint density at radius 1 is 1.11 bits per heavy atom. The molecule has 98 valence electrons. The van der Waals surface area contributed by atoms with Crippen LogP contribution < -0.4 is 4.90 Å². The van der Waals surface area contributed by atoms with Crippen LogP contribution in [0, 0.1) is 0 Å². The fraction of sp³-hybridized carbons (Fsp3) is 0.0714. The van der Waals surface area contributed by atoms with Crippen molar-refractivity contribution in [2.45, 2.75) is 0 Å². The molecule has 0 aliphatic heterocycles. The maximum Gasteiger partial charge on any atom is 0.259 e. The summed E-state index contributed by atoms with van der Waals surface area (Å²) in [5, 5.41) is 18.7. The van der Waals surface area contributed by atoms with Crippen LogP contribution in [0.2, 0.25) is 5.02 Å². The van der Waals surface area contributed by atoms with Crippen molar-refractivity contribution in [1.82, 2.24) is 0 Å². The lowest BCUT2D eigenvalue weighted by molar-refractivity contribution is 0.0992. The molecule has 0 spiro atoms. The van der Waals surface area contributed by atoms with E-state index in [9.17, 15) is 15.0 Å². The second-order valence-corrected chi connectivity index (χ2v) is 4.40. The minimum atomic E-state index is -0.341. The molecule has 0 fully saturated rings. The highest BCUT2D eigenvalue weighted by Crippen LogP contribution is 2.28. The summed E-state index contributed by atoms with van der Waals surface area (Å²) in [5.41, 5.74) is 0.833. The molecule has 0 aliphatic carbocycles. The first kappa shape index (κ1) is 13.2. The van der Waals surface area contributed by atoms with Gasteiger partial charge in [-0.3, -0.25) is 4.79 Å². The van der Waals surface area contributed by atoms with Crippen LogP contribution in [-0.4, -0.2) is 23.2 Å². The highest BCUT2D eigenvalue weighted by Gasteiger charge is 2.18. The second kappa shape index (κ2) is 5.20. The monoisotopic (exact) mass is 277 g/mol. The van der Waals surface area contributed by atoms with Crippen molar-refractivity contribution in [1.29, 1.82) is 0 Å². The zero-order chi connectivity index (χ0) is 14.0. The predicted octanol–water partition coefficient (Wildman–Crippen LogP) is 3.03. The Labute approximate surface area is 115 Å². The van der Waals surface area contributed by atoms with E-state index in [4.69, 9.17) is 11.6 Å². The van der Waals surface area contributed by atoms with E-state index in [0.29, 0.717) is 5.69 Å². The predicted molar refractivity (Wildman–Crippen MR) is 74.0 cm³/mol. The van der Waals surface area contributed by atoms with Crippen LogP contribution >= 0.6 is 11.6 Å². The summed E-state index contributed by atoms with van der Waals surface area (Å²) in [6.07, 6.45) is 0. The first-order valence-corrected chi connectivity index (χ1v) is 5.93. The Balaban J connectivity index is 2.33. The van der Waals surface area contributed by atoms with E-state index < -0.39 is 0 Å². The highest BCUT2D eigenvalue weighted by molar-refractivity contribution is 6.35. The number of nitrogens with zero attached hydrogens (tertiary/aromatic N) is 1. The van der Waals surface area contributed by atoms with Crippen molar-refractivity contribution in [3.8, 4) is 11.5 Å². The number of carbonyl (C=O) groups excluding carboxylic acids is 1. The second-order valence-electron chi connectivity index (χ2n) is 4.02. The van der Waals surface area contributed by atoms with Gasteiger partial charge in [-0.2, -0.15) is 0 Å². The van der Waals surface area contributed by atoms with E-state index in [-0.39, 0.29) is 28.0 Å². The van der Waals surface area contributed by atoms with Gasteiger partial charge in [-0.1, -0.05) is 17.7 Å². The van der Waals surface area contributed by atoms with Crippen LogP contribution in [0.25, 0.3) is 0 Å². The van der Waals surface area contributed by atoms with Crippen molar-refractivity contribution in [3.05, 3.63) is 53.1 Å². The van der Waals surface area contributed by atoms with Crippen molar-refractivity contribution in [2.75, 3.05) is 11.9 Å². The summed E-state index contributed by atoms with van der Waals surface area (Å²) in [7, 11) is 1.59. The maximum atomic E-state index is 12.3. The molecule has 19 heavy (non-hydrogen) atoms. The highest BCUT2D eigenvalue weighted by atomic mass is 35.5. The standard InChI is InChI=1S/C14H12ClNO3/c1-16(9-5-7-10(17)8-6-9)14(19)11-3-2-4-12(18)13(11)15/h2-8,17-18H,1H3. The molecule has 2 rings (SSSR count). The Hall–Kier alpha value is -2.20. The Bertz CT molecular complexity index is 611. The normalized spacial score (nSPS) is 10.2. The van der Waals surface area contributed by atoms with E-state index in [1.807, 2.05) is 0 Å². The molecule has 0 unspecified atom stereocenters. The lowest BCUT2D eigenvalue weighted by Crippen LogP contribution is -2.26. The molecule has 5 heteroatoms. The van der Waals surface area contributed by atoms with Crippen LogP contribution in [-0.2, 0) is 0 Å². The van der Waals surface area contributed by atoms with E-state index in [1.54, 1.807) is 31.3 Å². The summed E-state index contributed by atoms with van der Waals surface area (Å²) in [6.45, 7) is 0. The third-order valence-corrected chi connectivity index (χ3v) is 3.15. The number of anilines is 1. The van der Waals surface area contributed by atoms with Gasteiger partial charge in [0.1, 0.15) is 11.5 Å². The zero-order valence-electron chi connectivity index (χ0n) is 10.2. The van der Waals surface area contributed by atoms with Crippen molar-refractivity contribution in [2.24, 2.45) is 0 Å². The number of carbonyl (C=O) groups is 1. The van der Waals surface area contributed by atoms with Crippen LogP contribution in [0.15, 0.2) is 42.5 Å². The fourth-order valence-electron chi connectivity index (χ4n) is 1.66. The molecule has 0 radical (unpaired) electrons. The molecule has 0 saturated carbocycles. The third kappa shape index (κ3) is 2.63. The smallest absolute Gasteiger partial charge is 0.259 e. The molecule has 4 nitrogen and oxygen atoms in total. The first-order valence-electron chi connectivity index (χ1n) is 5.55. The number of amides is 1. The molecular formula is C14H12ClNO3. The van der Waals surface area contributed by atoms with Crippen LogP contribution in [0.4, 0.5) is 5.69 Å². The summed E-state index contributed by atoms with van der Waals surface area (Å²) >= 11 is 5.91. The topological polar surface area (TPSA) is 60.8 Å². The quantitative estimate of drug-likeness (QED) is 0.887. The van der Waals surface area contributed by atoms with E-state index in [0.717, 1.165) is 0 Å². The number of hydrogen-bond donors (Lipinski definition) is 2. The molecule has 2 aromatic carbocycles. The van der Waals surface area contributed by atoms with Gasteiger partial charge in [0, 0.05) is 12.7 Å². The summed E-state index contributed by atoms with van der Waals surface area (Å²) < 4.78 is 0. The molecular weight excluding hydrogens is 266 g/mol. The van der Waals surface area contributed by atoms with Gasteiger partial charge in [0.05, 0.1) is 10.6 Å². The molecule has 2 N–H and O–H groups in total. The number of hydrogen-bond acceptors (Lipinski definition) is 3. The SMILES string of the molecule is CN(C(=O)c1cccc(O)c1Cl)c1ccc(O)cc1. The Kier molecular flexibility index (Phi) is 3.62. The van der Waals surface area contributed by atoms with Crippen molar-refractivity contribution >= 4 is 23.2 Å². The number of phenols is 2. The van der Waals surface area contributed by atoms with Gasteiger partial charge in [0.15, 0.2) is 0 Å². The van der Waals surface area contributed by atoms with Crippen LogP contribution in [0.1, 0.15) is 10.4 Å². The number of rotatable bonds is 2. The summed E-state index contributed by atoms with van der Waals surface area (Å²) in [4.78, 5) is 13.7. The minimum absolute atomic E-state index is 0.0260. The molecule has 2 aromatic rings. The number of benzene rings is 2. The molecule has 0 aliphatic rings. The summed E-state index contributed by atoms with van der Waals surface area (Å²) in [5.74, 6) is -0.349. The zero-order valence-corrected chi connectivity index (χ0v) is 10.9. The van der Waals surface area contributed by atoms with Gasteiger partial charge in [-0.15, -0.1) is 0 Å². The molecule has 1 amide bonds. The van der Waals surface area contributed by atoms with Crippen molar-refractivity contribution < 1.29 is 15.0 Å². The van der Waals surface area contributed by atoms with E-state index in [2.05, 4.69) is 0 Å². The average molecular weight is 278 g/mol. The van der Waals surface area contributed by atoms with Gasteiger partial charge >= 0.3 is 0 Å². The first-order chi connectivity index (χ1) is 9.00. The van der Waals surface area contributed by atoms with Crippen LogP contribution in [0.3, 0.4) is 0 Å². The van der Waals surface area contributed by atoms with Gasteiger partial charge in [0.2, 0.25) is 0 Å². The van der Waals surface area contributed by atoms with E-state index >= 15 is 0 Å². The van der Waals surface area contributed by atoms with Gasteiger partial charge < -0.3 is 15.1 Å². The molecule has 0 saturated heterocycles. The van der Waals surface area contributed by atoms with Gasteiger partial charge in [-0.25, -0.2) is 0 Å². The number of halogens is 1. The van der Waals surface area contributed by atoms with E-state index in [1.165, 1.54) is 23.1 Å². The third-order valence-electron chi connectivity index (χ3n) is 2.75. The average Bonchev–Trinajstić information content (AvgIpc) is 2.41. The fourth-order valence-corrected chi connectivity index (χ4v) is 1.87. The summed E-state index contributed by atoms with van der Waals surface area (Å²) in [6, 6.07) is 10.7. The lowest BCUT2D eigenvalue weighted by atomic mass is 10.1. The number of phenolic OH excluding ortho intramolecular Hbond substituents is 2. The van der Waals surface area contributed by atoms with Crippen molar-refractivity contribution in [3.63, 3.8) is 0 Å². The maximum absolute atomic E-state index is 12.3. The molecule has 0 heterocycles. The van der Waals surface area contributed by atoms with Gasteiger partial charge in [-0.05, 0) is 36.4 Å². The minimum Gasteiger partial charge on any atom is -0.508 e. The molecule has 0 aromatic heterocycles. The molecule has 0 bridgehead atoms.